The van der Waals surface area contributed by atoms with Gasteiger partial charge in [-0.2, -0.15) is 0 Å². The number of carbonyl (C=O) groups is 1. The Balaban J connectivity index is 3.03. The van der Waals surface area contributed by atoms with Crippen molar-refractivity contribution >= 4 is 5.78 Å². The van der Waals surface area contributed by atoms with Crippen LogP contribution in [0, 0.1) is 24.5 Å². The van der Waals surface area contributed by atoms with E-state index in [2.05, 4.69) is 0 Å². The summed E-state index contributed by atoms with van der Waals surface area (Å²) in [6.45, 7) is 5.36. The average molecular weight is 226 g/mol. The topological polar surface area (TPSA) is 17.1 Å². The fraction of sp³-hybridized carbons (Fsp3) is 0.462. The Morgan fingerprint density at radius 3 is 2.56 bits per heavy atom. The number of hydrogen-bond donors (Lipinski definition) is 0. The minimum atomic E-state index is -0.767. The molecule has 0 N–H and O–H groups in total. The molecule has 0 saturated carbocycles. The smallest absolute Gasteiger partial charge is 0.169 e. The van der Waals surface area contributed by atoms with Crippen molar-refractivity contribution in [3.63, 3.8) is 0 Å². The number of benzene rings is 1. The molecule has 1 unspecified atom stereocenters. The highest BCUT2D eigenvalue weighted by atomic mass is 19.1. The lowest BCUT2D eigenvalue weighted by atomic mass is 9.96. The van der Waals surface area contributed by atoms with E-state index >= 15 is 0 Å². The zero-order valence-corrected chi connectivity index (χ0v) is 9.81. The molecule has 3 heteroatoms. The number of halogens is 2. The Bertz CT molecular complexity index is 399. The van der Waals surface area contributed by atoms with Gasteiger partial charge in [-0.1, -0.05) is 26.3 Å². The van der Waals surface area contributed by atoms with Gasteiger partial charge in [-0.3, -0.25) is 4.79 Å². The second-order valence-electron chi connectivity index (χ2n) is 4.19. The van der Waals surface area contributed by atoms with Crippen LogP contribution >= 0.6 is 0 Å². The zero-order valence-electron chi connectivity index (χ0n) is 9.81. The molecule has 0 spiro atoms. The fourth-order valence-electron chi connectivity index (χ4n) is 1.48. The lowest BCUT2D eigenvalue weighted by Crippen LogP contribution is -2.10. The van der Waals surface area contributed by atoms with E-state index in [0.29, 0.717) is 5.56 Å². The molecule has 88 valence electrons. The van der Waals surface area contributed by atoms with Crippen LogP contribution < -0.4 is 0 Å². The zero-order chi connectivity index (χ0) is 12.3. The van der Waals surface area contributed by atoms with Crippen molar-refractivity contribution in [3.05, 3.63) is 34.9 Å². The van der Waals surface area contributed by atoms with Gasteiger partial charge in [0.2, 0.25) is 0 Å². The minimum Gasteiger partial charge on any atom is -0.294 e. The number of Topliss-reactive ketones (excluding diaryl/α,β-unsaturated/α-hetero) is 1. The quantitative estimate of drug-likeness (QED) is 0.712. The van der Waals surface area contributed by atoms with E-state index in [0.717, 1.165) is 12.5 Å². The Kier molecular flexibility index (Phi) is 4.16. The molecule has 0 amide bonds. The maximum absolute atomic E-state index is 13.6. The van der Waals surface area contributed by atoms with Gasteiger partial charge in [0.1, 0.15) is 11.6 Å². The summed E-state index contributed by atoms with van der Waals surface area (Å²) in [5, 5.41) is 0. The predicted molar refractivity (Wildman–Crippen MR) is 59.5 cm³/mol. The Morgan fingerprint density at radius 1 is 1.38 bits per heavy atom. The van der Waals surface area contributed by atoms with Crippen LogP contribution in [0.4, 0.5) is 8.78 Å². The van der Waals surface area contributed by atoms with E-state index in [1.54, 1.807) is 0 Å². The summed E-state index contributed by atoms with van der Waals surface area (Å²) in [4.78, 5) is 11.7. The molecule has 0 aliphatic rings. The highest BCUT2D eigenvalue weighted by Crippen LogP contribution is 2.20. The third kappa shape index (κ3) is 2.65. The molecule has 0 heterocycles. The molecular formula is C13H16F2O. The van der Waals surface area contributed by atoms with Gasteiger partial charge in [0.15, 0.2) is 5.78 Å². The van der Waals surface area contributed by atoms with Gasteiger partial charge in [-0.15, -0.1) is 0 Å². The average Bonchev–Trinajstić information content (AvgIpc) is 2.24. The number of ketones is 1. The van der Waals surface area contributed by atoms with Crippen LogP contribution in [0.1, 0.15) is 42.6 Å². The summed E-state index contributed by atoms with van der Waals surface area (Å²) in [6.07, 6.45) is 1.01. The first-order valence-corrected chi connectivity index (χ1v) is 5.45. The fourth-order valence-corrected chi connectivity index (χ4v) is 1.48. The van der Waals surface area contributed by atoms with Crippen LogP contribution in [0.3, 0.4) is 0 Å². The van der Waals surface area contributed by atoms with E-state index < -0.39 is 17.4 Å². The maximum atomic E-state index is 13.6. The van der Waals surface area contributed by atoms with Crippen molar-refractivity contribution in [3.8, 4) is 0 Å². The molecule has 1 rings (SSSR count). The number of carbonyl (C=O) groups excluding carboxylic acids is 1. The third-order valence-corrected chi connectivity index (χ3v) is 2.79. The van der Waals surface area contributed by atoms with Gasteiger partial charge < -0.3 is 0 Å². The molecule has 0 radical (unpaired) electrons. The highest BCUT2D eigenvalue weighted by Gasteiger charge is 2.20. The Morgan fingerprint density at radius 2 is 2.00 bits per heavy atom. The molecule has 1 atom stereocenters. The molecular weight excluding hydrogens is 210 g/mol. The van der Waals surface area contributed by atoms with Crippen LogP contribution in [0.5, 0.6) is 0 Å². The van der Waals surface area contributed by atoms with E-state index in [9.17, 15) is 13.6 Å². The number of hydrogen-bond acceptors (Lipinski definition) is 1. The lowest BCUT2D eigenvalue weighted by Gasteiger charge is -2.09. The van der Waals surface area contributed by atoms with Gasteiger partial charge in [-0.25, -0.2) is 8.78 Å². The van der Waals surface area contributed by atoms with Crippen LogP contribution in [0.15, 0.2) is 12.1 Å². The maximum Gasteiger partial charge on any atom is 0.169 e. The molecule has 0 aromatic heterocycles. The second-order valence-corrected chi connectivity index (χ2v) is 4.19. The summed E-state index contributed by atoms with van der Waals surface area (Å²) in [6, 6.07) is 2.48. The minimum absolute atomic E-state index is 0.145. The Labute approximate surface area is 94.5 Å². The first-order chi connectivity index (χ1) is 7.47. The lowest BCUT2D eigenvalue weighted by molar-refractivity contribution is 0.0955. The predicted octanol–water partition coefficient (Wildman–Crippen LogP) is 3.89. The van der Waals surface area contributed by atoms with E-state index in [1.807, 2.05) is 13.8 Å². The van der Waals surface area contributed by atoms with Crippen LogP contribution in [0.2, 0.25) is 0 Å². The van der Waals surface area contributed by atoms with Crippen LogP contribution in [-0.4, -0.2) is 5.78 Å². The summed E-state index contributed by atoms with van der Waals surface area (Å²) < 4.78 is 27.0. The molecule has 0 bridgehead atoms. The molecule has 1 nitrogen and oxygen atoms in total. The van der Waals surface area contributed by atoms with Crippen LogP contribution in [-0.2, 0) is 0 Å². The van der Waals surface area contributed by atoms with Gasteiger partial charge >= 0.3 is 0 Å². The van der Waals surface area contributed by atoms with Crippen LogP contribution in [0.25, 0.3) is 0 Å². The molecule has 16 heavy (non-hydrogen) atoms. The van der Waals surface area contributed by atoms with Crippen molar-refractivity contribution in [1.82, 2.24) is 0 Å². The first-order valence-electron chi connectivity index (χ1n) is 5.45. The van der Waals surface area contributed by atoms with Gasteiger partial charge in [0.25, 0.3) is 0 Å². The summed E-state index contributed by atoms with van der Waals surface area (Å²) in [5.41, 5.74) is -0.0887. The number of aryl methyl sites for hydroxylation is 1. The first kappa shape index (κ1) is 12.8. The molecule has 0 aliphatic heterocycles. The van der Waals surface area contributed by atoms with Gasteiger partial charge in [0.05, 0.1) is 5.56 Å². The summed E-state index contributed by atoms with van der Waals surface area (Å²) in [5.74, 6) is -1.80. The van der Waals surface area contributed by atoms with E-state index in [4.69, 9.17) is 0 Å². The highest BCUT2D eigenvalue weighted by molar-refractivity contribution is 5.96. The second kappa shape index (κ2) is 5.19. The largest absolute Gasteiger partial charge is 0.294 e. The van der Waals surface area contributed by atoms with Crippen molar-refractivity contribution in [1.29, 1.82) is 0 Å². The molecule has 0 fully saturated rings. The van der Waals surface area contributed by atoms with Gasteiger partial charge in [-0.05, 0) is 24.5 Å². The molecule has 0 saturated heterocycles. The van der Waals surface area contributed by atoms with E-state index in [1.165, 1.54) is 13.0 Å². The van der Waals surface area contributed by atoms with Gasteiger partial charge in [0, 0.05) is 6.42 Å². The van der Waals surface area contributed by atoms with Crippen molar-refractivity contribution < 1.29 is 13.6 Å². The SMILES string of the molecule is CCC(C)CC(=O)c1c(F)ccc(C)c1F. The Hall–Kier alpha value is -1.25. The standard InChI is InChI=1S/C13H16F2O/c1-4-8(2)7-11(16)12-10(14)6-5-9(3)13(12)15/h5-6,8H,4,7H2,1-3H3. The van der Waals surface area contributed by atoms with Crippen molar-refractivity contribution in [2.24, 2.45) is 5.92 Å². The molecule has 1 aromatic carbocycles. The molecule has 1 aromatic rings. The summed E-state index contributed by atoms with van der Waals surface area (Å²) in [7, 11) is 0. The molecule has 0 aliphatic carbocycles. The third-order valence-electron chi connectivity index (χ3n) is 2.79. The summed E-state index contributed by atoms with van der Waals surface area (Å²) >= 11 is 0. The number of rotatable bonds is 4. The van der Waals surface area contributed by atoms with Crippen molar-refractivity contribution in [2.75, 3.05) is 0 Å². The van der Waals surface area contributed by atoms with E-state index in [-0.39, 0.29) is 17.9 Å². The normalized spacial score (nSPS) is 12.6. The monoisotopic (exact) mass is 226 g/mol. The van der Waals surface area contributed by atoms with Crippen molar-refractivity contribution in [2.45, 2.75) is 33.6 Å².